The summed E-state index contributed by atoms with van der Waals surface area (Å²) in [7, 11) is 0. The van der Waals surface area contributed by atoms with Gasteiger partial charge in [0.25, 0.3) is 0 Å². The lowest BCUT2D eigenvalue weighted by Crippen LogP contribution is -2.48. The molecule has 1 aliphatic heterocycles. The summed E-state index contributed by atoms with van der Waals surface area (Å²) < 4.78 is 0. The Hall–Kier alpha value is -2.37. The first kappa shape index (κ1) is 10.2. The smallest absolute Gasteiger partial charge is 0.384 e. The van der Waals surface area contributed by atoms with Gasteiger partial charge in [0.1, 0.15) is 5.84 Å². The number of hydrogen-bond donors (Lipinski definition) is 2. The Bertz CT molecular complexity index is 469. The number of aliphatic imine (C=N–C) groups is 1. The number of rotatable bonds is 2. The minimum Gasteiger partial charge on any atom is -0.384 e. The predicted octanol–water partition coefficient (Wildman–Crippen LogP) is 0.548. The molecule has 1 aromatic carbocycles. The van der Waals surface area contributed by atoms with Gasteiger partial charge in [-0.15, -0.1) is 0 Å². The quantitative estimate of drug-likeness (QED) is 0.559. The Morgan fingerprint density at radius 2 is 2.06 bits per heavy atom. The lowest BCUT2D eigenvalue weighted by Gasteiger charge is -2.23. The summed E-state index contributed by atoms with van der Waals surface area (Å²) in [4.78, 5) is 14.5. The fourth-order valence-electron chi connectivity index (χ4n) is 1.52. The minimum absolute atomic E-state index is 0.124. The van der Waals surface area contributed by atoms with Crippen molar-refractivity contribution in [3.05, 3.63) is 58.3 Å². The zero-order chi connectivity index (χ0) is 11.6. The van der Waals surface area contributed by atoms with Crippen LogP contribution in [0.1, 0.15) is 5.56 Å². The minimum atomic E-state index is -1.71. The number of amidine groups is 1. The highest BCUT2D eigenvalue weighted by molar-refractivity contribution is 5.92. The molecule has 6 nitrogen and oxygen atoms in total. The van der Waals surface area contributed by atoms with Gasteiger partial charge in [0.15, 0.2) is 0 Å². The topological polar surface area (TPSA) is 93.5 Å². The van der Waals surface area contributed by atoms with E-state index in [4.69, 9.17) is 5.73 Å². The first-order valence-electron chi connectivity index (χ1n) is 4.65. The molecule has 1 atom stereocenters. The maximum Gasteiger partial charge on any atom is 0.421 e. The van der Waals surface area contributed by atoms with E-state index in [0.717, 1.165) is 0 Å². The zero-order valence-corrected chi connectivity index (χ0v) is 8.33. The Morgan fingerprint density at radius 1 is 1.38 bits per heavy atom. The number of hydrogen-bond acceptors (Lipinski definition) is 5. The van der Waals surface area contributed by atoms with Crippen molar-refractivity contribution in [3.8, 4) is 0 Å². The van der Waals surface area contributed by atoms with E-state index in [-0.39, 0.29) is 5.84 Å². The third-order valence-electron chi connectivity index (χ3n) is 2.27. The second-order valence-electron chi connectivity index (χ2n) is 3.31. The van der Waals surface area contributed by atoms with E-state index in [9.17, 15) is 10.1 Å². The normalized spacial score (nSPS) is 23.4. The molecule has 0 saturated heterocycles. The molecule has 3 N–H and O–H groups in total. The molecule has 0 radical (unpaired) electrons. The molecular formula is C10H10N4O2. The number of nitrogens with one attached hydrogen (secondary N) is 1. The fourth-order valence-corrected chi connectivity index (χ4v) is 1.52. The van der Waals surface area contributed by atoms with Gasteiger partial charge in [0.05, 0.1) is 10.5 Å². The molecule has 1 unspecified atom stereocenters. The van der Waals surface area contributed by atoms with Crippen LogP contribution in [0, 0.1) is 10.1 Å². The molecule has 0 saturated carbocycles. The summed E-state index contributed by atoms with van der Waals surface area (Å²) in [5.41, 5.74) is 5.94. The maximum absolute atomic E-state index is 11.2. The molecular weight excluding hydrogens is 208 g/mol. The molecule has 1 heterocycles. The molecule has 16 heavy (non-hydrogen) atoms. The molecule has 0 aromatic heterocycles. The number of nitrogens with two attached hydrogens (primary N) is 1. The van der Waals surface area contributed by atoms with Crippen molar-refractivity contribution >= 4 is 5.84 Å². The van der Waals surface area contributed by atoms with Gasteiger partial charge in [0.2, 0.25) is 0 Å². The zero-order valence-electron chi connectivity index (χ0n) is 8.33. The Balaban J connectivity index is 2.54. The number of nitro groups is 1. The van der Waals surface area contributed by atoms with Crippen LogP contribution in [0.25, 0.3) is 0 Å². The highest BCUT2D eigenvalue weighted by Crippen LogP contribution is 2.25. The lowest BCUT2D eigenvalue weighted by atomic mass is 10.1. The van der Waals surface area contributed by atoms with Gasteiger partial charge >= 0.3 is 5.79 Å². The van der Waals surface area contributed by atoms with Crippen LogP contribution in [-0.2, 0) is 5.79 Å². The molecule has 6 heteroatoms. The molecule has 0 fully saturated rings. The largest absolute Gasteiger partial charge is 0.421 e. The van der Waals surface area contributed by atoms with Crippen LogP contribution < -0.4 is 11.1 Å². The highest BCUT2D eigenvalue weighted by atomic mass is 16.6. The van der Waals surface area contributed by atoms with Crippen molar-refractivity contribution in [2.45, 2.75) is 5.79 Å². The first-order valence-corrected chi connectivity index (χ1v) is 4.65. The molecule has 0 spiro atoms. The summed E-state index contributed by atoms with van der Waals surface area (Å²) in [6.07, 6.45) is 2.91. The maximum atomic E-state index is 11.2. The summed E-state index contributed by atoms with van der Waals surface area (Å²) in [6.45, 7) is 0. The fraction of sp³-hybridized carbons (Fsp3) is 0.100. The van der Waals surface area contributed by atoms with Crippen molar-refractivity contribution in [3.63, 3.8) is 0 Å². The summed E-state index contributed by atoms with van der Waals surface area (Å²) >= 11 is 0. The van der Waals surface area contributed by atoms with Crippen molar-refractivity contribution < 1.29 is 4.92 Å². The highest BCUT2D eigenvalue weighted by Gasteiger charge is 2.45. The van der Waals surface area contributed by atoms with Gasteiger partial charge in [-0.05, 0) is 18.2 Å². The Labute approximate surface area is 91.6 Å². The molecule has 82 valence electrons. The van der Waals surface area contributed by atoms with Crippen LogP contribution in [0.2, 0.25) is 0 Å². The third kappa shape index (κ3) is 1.50. The Morgan fingerprint density at radius 3 is 2.62 bits per heavy atom. The number of nitrogens with zero attached hydrogens (tertiary/aromatic N) is 2. The summed E-state index contributed by atoms with van der Waals surface area (Å²) in [6, 6.07) is 8.47. The first-order chi connectivity index (χ1) is 7.65. The molecule has 0 bridgehead atoms. The summed E-state index contributed by atoms with van der Waals surface area (Å²) in [5.74, 6) is -1.58. The molecule has 0 amide bonds. The average molecular weight is 218 g/mol. The van der Waals surface area contributed by atoms with Gasteiger partial charge in [-0.25, -0.2) is 0 Å². The predicted molar refractivity (Wildman–Crippen MR) is 59.0 cm³/mol. The van der Waals surface area contributed by atoms with Crippen molar-refractivity contribution in [1.29, 1.82) is 0 Å². The van der Waals surface area contributed by atoms with Crippen molar-refractivity contribution in [2.24, 2.45) is 10.7 Å². The Kier molecular flexibility index (Phi) is 2.32. The van der Waals surface area contributed by atoms with E-state index in [0.29, 0.717) is 5.56 Å². The second kappa shape index (κ2) is 3.65. The third-order valence-corrected chi connectivity index (χ3v) is 2.27. The second-order valence-corrected chi connectivity index (χ2v) is 3.31. The standard InChI is InChI=1S/C10H10N4O2/c11-9-6-7-12-10(13-9,14(15)16)8-4-2-1-3-5-8/h1-7,12H,(H2,11,13). The molecule has 0 aliphatic carbocycles. The van der Waals surface area contributed by atoms with Gasteiger partial charge in [0, 0.05) is 6.20 Å². The molecule has 1 aromatic rings. The van der Waals surface area contributed by atoms with E-state index < -0.39 is 10.7 Å². The van der Waals surface area contributed by atoms with E-state index in [1.54, 1.807) is 30.3 Å². The van der Waals surface area contributed by atoms with Crippen LogP contribution in [0.3, 0.4) is 0 Å². The SMILES string of the molecule is NC1=NC(c2ccccc2)([N+](=O)[O-])NC=C1. The lowest BCUT2D eigenvalue weighted by molar-refractivity contribution is -0.584. The average Bonchev–Trinajstić information content (AvgIpc) is 2.30. The monoisotopic (exact) mass is 218 g/mol. The van der Waals surface area contributed by atoms with Crippen molar-refractivity contribution in [1.82, 2.24) is 5.32 Å². The van der Waals surface area contributed by atoms with Gasteiger partial charge in [-0.1, -0.05) is 18.2 Å². The van der Waals surface area contributed by atoms with Gasteiger partial charge < -0.3 is 11.1 Å². The van der Waals surface area contributed by atoms with Crippen molar-refractivity contribution in [2.75, 3.05) is 0 Å². The van der Waals surface area contributed by atoms with Crippen LogP contribution in [0.5, 0.6) is 0 Å². The summed E-state index contributed by atoms with van der Waals surface area (Å²) in [5, 5.41) is 13.8. The van der Waals surface area contributed by atoms with Gasteiger partial charge in [-0.2, -0.15) is 4.99 Å². The van der Waals surface area contributed by atoms with E-state index >= 15 is 0 Å². The number of benzene rings is 1. The van der Waals surface area contributed by atoms with Crippen LogP contribution in [0.4, 0.5) is 0 Å². The molecule has 2 rings (SSSR count). The molecule has 1 aliphatic rings. The van der Waals surface area contributed by atoms with Crippen LogP contribution in [-0.4, -0.2) is 10.8 Å². The van der Waals surface area contributed by atoms with Gasteiger partial charge in [-0.3, -0.25) is 10.1 Å². The van der Waals surface area contributed by atoms with Crippen LogP contribution >= 0.6 is 0 Å². The van der Waals surface area contributed by atoms with E-state index in [1.165, 1.54) is 12.3 Å². The van der Waals surface area contributed by atoms with E-state index in [2.05, 4.69) is 10.3 Å². The van der Waals surface area contributed by atoms with Crippen LogP contribution in [0.15, 0.2) is 47.6 Å². The van der Waals surface area contributed by atoms with E-state index in [1.807, 2.05) is 0 Å².